The molecular weight excluding hydrogens is 174 g/mol. The van der Waals surface area contributed by atoms with Gasteiger partial charge in [-0.2, -0.15) is 0 Å². The molecular formula is C12H19NO. The van der Waals surface area contributed by atoms with Crippen LogP contribution >= 0.6 is 0 Å². The van der Waals surface area contributed by atoms with Gasteiger partial charge in [-0.1, -0.05) is 0 Å². The molecule has 2 nitrogen and oxygen atoms in total. The predicted molar refractivity (Wildman–Crippen MR) is 54.9 cm³/mol. The molecule has 78 valence electrons. The first-order chi connectivity index (χ1) is 6.75. The maximum absolute atomic E-state index is 11.6. The molecule has 0 aromatic carbocycles. The molecule has 0 aliphatic heterocycles. The van der Waals surface area contributed by atoms with Gasteiger partial charge in [0, 0.05) is 18.0 Å². The van der Waals surface area contributed by atoms with Crippen LogP contribution in [0, 0.1) is 17.8 Å². The van der Waals surface area contributed by atoms with Crippen molar-refractivity contribution in [2.45, 2.75) is 51.1 Å². The molecule has 3 aliphatic rings. The second-order valence-electron chi connectivity index (χ2n) is 5.44. The third kappa shape index (κ3) is 1.31. The van der Waals surface area contributed by atoms with Crippen LogP contribution in [0.15, 0.2) is 0 Å². The summed E-state index contributed by atoms with van der Waals surface area (Å²) in [6.45, 7) is 1.78. The highest BCUT2D eigenvalue weighted by atomic mass is 16.1. The molecule has 2 bridgehead atoms. The summed E-state index contributed by atoms with van der Waals surface area (Å²) in [4.78, 5) is 11.6. The molecule has 3 saturated carbocycles. The number of hydrogen-bond acceptors (Lipinski definition) is 2. The van der Waals surface area contributed by atoms with Crippen LogP contribution in [0.5, 0.6) is 0 Å². The average Bonchev–Trinajstić information content (AvgIpc) is 2.74. The Morgan fingerprint density at radius 1 is 1.14 bits per heavy atom. The number of carbonyl (C=O) groups is 1. The predicted octanol–water partition coefficient (Wildman–Crippen LogP) is 1.74. The van der Waals surface area contributed by atoms with E-state index in [1.807, 2.05) is 0 Å². The maximum Gasteiger partial charge on any atom is 0.134 e. The average molecular weight is 193 g/mol. The summed E-state index contributed by atoms with van der Waals surface area (Å²) in [5.74, 6) is 2.31. The number of hydrogen-bond donors (Lipinski definition) is 1. The van der Waals surface area contributed by atoms with Crippen LogP contribution in [0.2, 0.25) is 0 Å². The van der Waals surface area contributed by atoms with Gasteiger partial charge in [0.25, 0.3) is 0 Å². The van der Waals surface area contributed by atoms with E-state index in [1.165, 1.54) is 32.1 Å². The van der Waals surface area contributed by atoms with Crippen molar-refractivity contribution >= 4 is 5.78 Å². The summed E-state index contributed by atoms with van der Waals surface area (Å²) in [5, 5.41) is 3.69. The van der Waals surface area contributed by atoms with Gasteiger partial charge in [0.2, 0.25) is 0 Å². The van der Waals surface area contributed by atoms with Crippen LogP contribution in [0.3, 0.4) is 0 Å². The quantitative estimate of drug-likeness (QED) is 0.739. The first-order valence-electron chi connectivity index (χ1n) is 6.02. The number of Topliss-reactive ketones (excluding diaryl/α,β-unsaturated/α-hetero) is 1. The van der Waals surface area contributed by atoms with Crippen molar-refractivity contribution in [3.63, 3.8) is 0 Å². The molecule has 3 rings (SSSR count). The van der Waals surface area contributed by atoms with Crippen LogP contribution in [-0.2, 0) is 4.79 Å². The van der Waals surface area contributed by atoms with Crippen molar-refractivity contribution < 1.29 is 4.79 Å². The first-order valence-corrected chi connectivity index (χ1v) is 6.02. The second-order valence-corrected chi connectivity index (χ2v) is 5.44. The molecule has 3 fully saturated rings. The van der Waals surface area contributed by atoms with Gasteiger partial charge in [-0.3, -0.25) is 4.79 Å². The first kappa shape index (κ1) is 8.90. The number of nitrogens with one attached hydrogen (secondary N) is 1. The fourth-order valence-corrected chi connectivity index (χ4v) is 3.64. The zero-order valence-corrected chi connectivity index (χ0v) is 8.83. The highest BCUT2D eigenvalue weighted by Crippen LogP contribution is 2.49. The van der Waals surface area contributed by atoms with Crippen molar-refractivity contribution in [1.82, 2.24) is 5.32 Å². The highest BCUT2D eigenvalue weighted by Gasteiger charge is 2.50. The molecule has 14 heavy (non-hydrogen) atoms. The summed E-state index contributed by atoms with van der Waals surface area (Å²) in [5.41, 5.74) is 0. The highest BCUT2D eigenvalue weighted by molar-refractivity contribution is 5.80. The molecule has 0 saturated heterocycles. The van der Waals surface area contributed by atoms with Gasteiger partial charge in [0.05, 0.1) is 0 Å². The lowest BCUT2D eigenvalue weighted by atomic mass is 9.82. The molecule has 2 heteroatoms. The fraction of sp³-hybridized carbons (Fsp3) is 0.917. The van der Waals surface area contributed by atoms with Crippen LogP contribution < -0.4 is 5.32 Å². The smallest absolute Gasteiger partial charge is 0.134 e. The second kappa shape index (κ2) is 3.06. The van der Waals surface area contributed by atoms with E-state index in [4.69, 9.17) is 0 Å². The molecule has 0 spiro atoms. The molecule has 3 aliphatic carbocycles. The Bertz CT molecular complexity index is 259. The van der Waals surface area contributed by atoms with E-state index >= 15 is 0 Å². The van der Waals surface area contributed by atoms with Gasteiger partial charge in [-0.25, -0.2) is 0 Å². The van der Waals surface area contributed by atoms with Gasteiger partial charge in [0.1, 0.15) is 5.78 Å². The Hall–Kier alpha value is -0.370. The topological polar surface area (TPSA) is 29.1 Å². The molecule has 1 N–H and O–H groups in total. The zero-order chi connectivity index (χ0) is 9.71. The molecule has 0 amide bonds. The number of rotatable bonds is 3. The standard InChI is InChI=1S/C12H19NO/c1-7(14)11-8-2-3-9(6-8)12(11)13-10-4-5-10/h8-13H,2-6H2,1H3. The lowest BCUT2D eigenvalue weighted by molar-refractivity contribution is -0.123. The largest absolute Gasteiger partial charge is 0.310 e. The van der Waals surface area contributed by atoms with E-state index in [9.17, 15) is 4.79 Å². The van der Waals surface area contributed by atoms with Gasteiger partial charge < -0.3 is 5.32 Å². The van der Waals surface area contributed by atoms with Crippen molar-refractivity contribution in [2.75, 3.05) is 0 Å². The number of ketones is 1. The van der Waals surface area contributed by atoms with Gasteiger partial charge in [-0.05, 0) is 50.9 Å². The Balaban J connectivity index is 1.75. The van der Waals surface area contributed by atoms with E-state index < -0.39 is 0 Å². The SMILES string of the molecule is CC(=O)C1C2CCC(C2)C1NC1CC1. The van der Waals surface area contributed by atoms with Crippen molar-refractivity contribution in [1.29, 1.82) is 0 Å². The summed E-state index contributed by atoms with van der Waals surface area (Å²) in [6.07, 6.45) is 6.64. The third-order valence-electron chi connectivity index (χ3n) is 4.39. The van der Waals surface area contributed by atoms with Crippen molar-refractivity contribution in [3.05, 3.63) is 0 Å². The summed E-state index contributed by atoms with van der Waals surface area (Å²) in [6, 6.07) is 1.29. The molecule has 0 heterocycles. The molecule has 0 aromatic rings. The van der Waals surface area contributed by atoms with E-state index in [0.717, 1.165) is 12.0 Å². The van der Waals surface area contributed by atoms with E-state index in [2.05, 4.69) is 5.32 Å². The molecule has 0 radical (unpaired) electrons. The van der Waals surface area contributed by atoms with Crippen molar-refractivity contribution in [2.24, 2.45) is 17.8 Å². The normalized spacial score (nSPS) is 45.8. The summed E-state index contributed by atoms with van der Waals surface area (Å²) < 4.78 is 0. The van der Waals surface area contributed by atoms with Gasteiger partial charge in [-0.15, -0.1) is 0 Å². The van der Waals surface area contributed by atoms with E-state index in [1.54, 1.807) is 6.92 Å². The van der Waals surface area contributed by atoms with Crippen molar-refractivity contribution in [3.8, 4) is 0 Å². The minimum atomic E-state index is 0.356. The Labute approximate surface area is 85.4 Å². The Morgan fingerprint density at radius 3 is 2.50 bits per heavy atom. The Morgan fingerprint density at radius 2 is 1.86 bits per heavy atom. The maximum atomic E-state index is 11.6. The molecule has 0 aromatic heterocycles. The van der Waals surface area contributed by atoms with Crippen LogP contribution in [0.25, 0.3) is 0 Å². The van der Waals surface area contributed by atoms with Crippen LogP contribution in [0.1, 0.15) is 39.0 Å². The van der Waals surface area contributed by atoms with Gasteiger partial charge in [0.15, 0.2) is 0 Å². The lowest BCUT2D eigenvalue weighted by Gasteiger charge is -2.30. The number of carbonyl (C=O) groups excluding carboxylic acids is 1. The zero-order valence-electron chi connectivity index (χ0n) is 8.83. The van der Waals surface area contributed by atoms with E-state index in [-0.39, 0.29) is 0 Å². The van der Waals surface area contributed by atoms with Crippen LogP contribution in [-0.4, -0.2) is 17.9 Å². The van der Waals surface area contributed by atoms with E-state index in [0.29, 0.717) is 23.7 Å². The molecule has 4 atom stereocenters. The summed E-state index contributed by atoms with van der Waals surface area (Å²) >= 11 is 0. The number of fused-ring (bicyclic) bond motifs is 2. The van der Waals surface area contributed by atoms with Crippen LogP contribution in [0.4, 0.5) is 0 Å². The molecule has 4 unspecified atom stereocenters. The minimum absolute atomic E-state index is 0.356. The lowest BCUT2D eigenvalue weighted by Crippen LogP contribution is -2.44. The third-order valence-corrected chi connectivity index (χ3v) is 4.39. The Kier molecular flexibility index (Phi) is 1.94. The minimum Gasteiger partial charge on any atom is -0.310 e. The fourth-order valence-electron chi connectivity index (χ4n) is 3.64. The monoisotopic (exact) mass is 193 g/mol. The summed E-state index contributed by atoms with van der Waals surface area (Å²) in [7, 11) is 0. The van der Waals surface area contributed by atoms with Gasteiger partial charge >= 0.3 is 0 Å².